The van der Waals surface area contributed by atoms with Crippen molar-refractivity contribution in [3.63, 3.8) is 0 Å². The molecule has 0 aliphatic carbocycles. The predicted octanol–water partition coefficient (Wildman–Crippen LogP) is 2.29. The number of benzene rings is 1. The van der Waals surface area contributed by atoms with Crippen LogP contribution >= 0.6 is 0 Å². The third-order valence-electron chi connectivity index (χ3n) is 3.96. The molecule has 22 heavy (non-hydrogen) atoms. The molecule has 1 aromatic carbocycles. The number of hydrogen-bond donors (Lipinski definition) is 0. The van der Waals surface area contributed by atoms with Crippen LogP contribution in [0.25, 0.3) is 0 Å². The molecule has 0 spiro atoms. The minimum Gasteiger partial charge on any atom is -0.340 e. The number of amides is 1. The lowest BCUT2D eigenvalue weighted by molar-refractivity contribution is -0.131. The highest BCUT2D eigenvalue weighted by Gasteiger charge is 2.29. The van der Waals surface area contributed by atoms with Gasteiger partial charge in [0.2, 0.25) is 11.8 Å². The van der Waals surface area contributed by atoms with E-state index in [1.54, 1.807) is 19.1 Å². The number of nitrogens with zero attached hydrogens (tertiary/aromatic N) is 3. The molecule has 6 heteroatoms. The molecule has 1 atom stereocenters. The van der Waals surface area contributed by atoms with E-state index in [2.05, 4.69) is 10.1 Å². The van der Waals surface area contributed by atoms with E-state index in [1.165, 1.54) is 12.1 Å². The van der Waals surface area contributed by atoms with Crippen molar-refractivity contribution in [1.82, 2.24) is 15.0 Å². The van der Waals surface area contributed by atoms with E-state index in [-0.39, 0.29) is 24.2 Å². The summed E-state index contributed by atoms with van der Waals surface area (Å²) >= 11 is 0. The number of aromatic nitrogens is 2. The SMILES string of the molecule is Cc1nc(CC(=O)N2CCCC2Cc2ccc(F)cc2)no1. The summed E-state index contributed by atoms with van der Waals surface area (Å²) in [4.78, 5) is 18.4. The molecule has 1 aromatic heterocycles. The van der Waals surface area contributed by atoms with Gasteiger partial charge in [0.25, 0.3) is 0 Å². The minimum absolute atomic E-state index is 0.0189. The largest absolute Gasteiger partial charge is 0.340 e. The first-order chi connectivity index (χ1) is 10.6. The number of carbonyl (C=O) groups excluding carboxylic acids is 1. The van der Waals surface area contributed by atoms with Crippen molar-refractivity contribution in [2.24, 2.45) is 0 Å². The van der Waals surface area contributed by atoms with Gasteiger partial charge in [0.1, 0.15) is 5.82 Å². The van der Waals surface area contributed by atoms with Crippen LogP contribution in [-0.4, -0.2) is 33.5 Å². The first-order valence-corrected chi connectivity index (χ1v) is 7.45. The van der Waals surface area contributed by atoms with Crippen molar-refractivity contribution in [2.45, 2.75) is 38.6 Å². The Hall–Kier alpha value is -2.24. The second-order valence-electron chi connectivity index (χ2n) is 5.62. The van der Waals surface area contributed by atoms with Gasteiger partial charge in [-0.25, -0.2) is 4.39 Å². The van der Waals surface area contributed by atoms with E-state index in [1.807, 2.05) is 4.90 Å². The van der Waals surface area contributed by atoms with Crippen molar-refractivity contribution < 1.29 is 13.7 Å². The van der Waals surface area contributed by atoms with Crippen LogP contribution in [0.15, 0.2) is 28.8 Å². The number of aryl methyl sites for hydroxylation is 1. The average Bonchev–Trinajstić information content (AvgIpc) is 3.10. The van der Waals surface area contributed by atoms with Gasteiger partial charge in [0.15, 0.2) is 5.82 Å². The summed E-state index contributed by atoms with van der Waals surface area (Å²) in [5.74, 6) is 0.669. The zero-order valence-corrected chi connectivity index (χ0v) is 12.5. The molecular weight excluding hydrogens is 285 g/mol. The van der Waals surface area contributed by atoms with Gasteiger partial charge in [0.05, 0.1) is 6.42 Å². The Balaban J connectivity index is 1.64. The van der Waals surface area contributed by atoms with Gasteiger partial charge in [-0.05, 0) is 37.0 Å². The molecule has 2 heterocycles. The van der Waals surface area contributed by atoms with Gasteiger partial charge in [0, 0.05) is 19.5 Å². The normalized spacial score (nSPS) is 17.9. The van der Waals surface area contributed by atoms with Gasteiger partial charge in [-0.1, -0.05) is 17.3 Å². The van der Waals surface area contributed by atoms with Gasteiger partial charge in [-0.2, -0.15) is 4.98 Å². The number of halogens is 1. The van der Waals surface area contributed by atoms with E-state index >= 15 is 0 Å². The van der Waals surface area contributed by atoms with Crippen LogP contribution in [0, 0.1) is 12.7 Å². The van der Waals surface area contributed by atoms with Crippen LogP contribution in [-0.2, 0) is 17.6 Å². The molecule has 1 aliphatic heterocycles. The Morgan fingerprint density at radius 2 is 2.18 bits per heavy atom. The Kier molecular flexibility index (Phi) is 4.18. The molecule has 0 bridgehead atoms. The van der Waals surface area contributed by atoms with E-state index < -0.39 is 0 Å². The third kappa shape index (κ3) is 3.32. The molecule has 1 unspecified atom stereocenters. The molecule has 3 rings (SSSR count). The van der Waals surface area contributed by atoms with Crippen LogP contribution < -0.4 is 0 Å². The van der Waals surface area contributed by atoms with Crippen LogP contribution in [0.3, 0.4) is 0 Å². The number of carbonyl (C=O) groups is 1. The van der Waals surface area contributed by atoms with E-state index in [0.29, 0.717) is 11.7 Å². The Bertz CT molecular complexity index is 654. The second kappa shape index (κ2) is 6.25. The summed E-state index contributed by atoms with van der Waals surface area (Å²) in [6.07, 6.45) is 2.87. The Morgan fingerprint density at radius 3 is 2.86 bits per heavy atom. The first-order valence-electron chi connectivity index (χ1n) is 7.45. The molecule has 1 fully saturated rings. The Labute approximate surface area is 128 Å². The van der Waals surface area contributed by atoms with E-state index in [4.69, 9.17) is 4.52 Å². The molecule has 0 saturated carbocycles. The number of likely N-dealkylation sites (tertiary alicyclic amines) is 1. The third-order valence-corrected chi connectivity index (χ3v) is 3.96. The summed E-state index contributed by atoms with van der Waals surface area (Å²) < 4.78 is 17.9. The van der Waals surface area contributed by atoms with Crippen LogP contribution in [0.1, 0.15) is 30.1 Å². The molecule has 2 aromatic rings. The molecule has 1 saturated heterocycles. The van der Waals surface area contributed by atoms with E-state index in [9.17, 15) is 9.18 Å². The zero-order chi connectivity index (χ0) is 15.5. The maximum Gasteiger partial charge on any atom is 0.230 e. The Morgan fingerprint density at radius 1 is 1.41 bits per heavy atom. The summed E-state index contributed by atoms with van der Waals surface area (Å²) in [5, 5.41) is 3.77. The van der Waals surface area contributed by atoms with Crippen LogP contribution in [0.5, 0.6) is 0 Å². The van der Waals surface area contributed by atoms with Gasteiger partial charge >= 0.3 is 0 Å². The fourth-order valence-electron chi connectivity index (χ4n) is 2.92. The van der Waals surface area contributed by atoms with Crippen molar-refractivity contribution in [3.05, 3.63) is 47.4 Å². The fraction of sp³-hybridized carbons (Fsp3) is 0.438. The first kappa shape index (κ1) is 14.7. The van der Waals surface area contributed by atoms with Crippen LogP contribution in [0.2, 0.25) is 0 Å². The summed E-state index contributed by atoms with van der Waals surface area (Å²) in [5.41, 5.74) is 1.04. The smallest absolute Gasteiger partial charge is 0.230 e. The fourth-order valence-corrected chi connectivity index (χ4v) is 2.92. The maximum absolute atomic E-state index is 13.0. The summed E-state index contributed by atoms with van der Waals surface area (Å²) in [7, 11) is 0. The topological polar surface area (TPSA) is 59.2 Å². The lowest BCUT2D eigenvalue weighted by atomic mass is 10.0. The molecule has 1 amide bonds. The van der Waals surface area contributed by atoms with Crippen molar-refractivity contribution in [1.29, 1.82) is 0 Å². The van der Waals surface area contributed by atoms with Crippen molar-refractivity contribution in [3.8, 4) is 0 Å². The number of rotatable bonds is 4. The van der Waals surface area contributed by atoms with Gasteiger partial charge in [-0.15, -0.1) is 0 Å². The van der Waals surface area contributed by atoms with Gasteiger partial charge in [-0.3, -0.25) is 4.79 Å². The van der Waals surface area contributed by atoms with Crippen LogP contribution in [0.4, 0.5) is 4.39 Å². The lowest BCUT2D eigenvalue weighted by Gasteiger charge is -2.24. The predicted molar refractivity (Wildman–Crippen MR) is 77.6 cm³/mol. The molecule has 0 N–H and O–H groups in total. The quantitative estimate of drug-likeness (QED) is 0.869. The molecule has 5 nitrogen and oxygen atoms in total. The molecule has 0 radical (unpaired) electrons. The highest BCUT2D eigenvalue weighted by atomic mass is 19.1. The van der Waals surface area contributed by atoms with E-state index in [0.717, 1.165) is 31.4 Å². The second-order valence-corrected chi connectivity index (χ2v) is 5.62. The number of hydrogen-bond acceptors (Lipinski definition) is 4. The molecule has 116 valence electrons. The highest BCUT2D eigenvalue weighted by molar-refractivity contribution is 5.78. The summed E-state index contributed by atoms with van der Waals surface area (Å²) in [6.45, 7) is 2.45. The summed E-state index contributed by atoms with van der Waals surface area (Å²) in [6, 6.07) is 6.63. The van der Waals surface area contributed by atoms with Gasteiger partial charge < -0.3 is 9.42 Å². The highest BCUT2D eigenvalue weighted by Crippen LogP contribution is 2.22. The average molecular weight is 303 g/mol. The standard InChI is InChI=1S/C16H18FN3O2/c1-11-18-15(19-22-11)10-16(21)20-8-2-3-14(20)9-12-4-6-13(17)7-5-12/h4-7,14H,2-3,8-10H2,1H3. The van der Waals surface area contributed by atoms with Crippen molar-refractivity contribution in [2.75, 3.05) is 6.54 Å². The lowest BCUT2D eigenvalue weighted by Crippen LogP contribution is -2.38. The molecule has 1 aliphatic rings. The zero-order valence-electron chi connectivity index (χ0n) is 12.5. The maximum atomic E-state index is 13.0. The monoisotopic (exact) mass is 303 g/mol. The molecular formula is C16H18FN3O2. The van der Waals surface area contributed by atoms with Crippen molar-refractivity contribution >= 4 is 5.91 Å². The minimum atomic E-state index is -0.240.